The van der Waals surface area contributed by atoms with Gasteiger partial charge in [0.2, 0.25) is 6.54 Å². The topological polar surface area (TPSA) is 76.1 Å². The van der Waals surface area contributed by atoms with Crippen molar-refractivity contribution in [2.24, 2.45) is 5.73 Å². The number of nitrogens with zero attached hydrogens (tertiary/aromatic N) is 1. The van der Waals surface area contributed by atoms with Crippen molar-refractivity contribution in [2.75, 3.05) is 6.54 Å². The average molecular weight is 298 g/mol. The van der Waals surface area contributed by atoms with E-state index in [0.717, 1.165) is 12.8 Å². The van der Waals surface area contributed by atoms with Gasteiger partial charge in [0.25, 0.3) is 11.8 Å². The zero-order valence-corrected chi connectivity index (χ0v) is 12.4. The van der Waals surface area contributed by atoms with Gasteiger partial charge in [-0.25, -0.2) is 0 Å². The number of primary amides is 1. The Kier molecular flexibility index (Phi) is 5.65. The Morgan fingerprint density at radius 1 is 1.09 bits per heavy atom. The van der Waals surface area contributed by atoms with Crippen LogP contribution >= 0.6 is 0 Å². The Balaban J connectivity index is 1.74. The summed E-state index contributed by atoms with van der Waals surface area (Å²) in [6, 6.07) is 13.5. The molecule has 3 N–H and O–H groups in total. The number of hydrogen-bond acceptors (Lipinski definition) is 2. The molecule has 0 saturated heterocycles. The fourth-order valence-corrected chi connectivity index (χ4v) is 2.15. The third-order valence-corrected chi connectivity index (χ3v) is 3.28. The summed E-state index contributed by atoms with van der Waals surface area (Å²) in [5.74, 6) is -0.586. The highest BCUT2D eigenvalue weighted by Gasteiger charge is 2.11. The quantitative estimate of drug-likeness (QED) is 0.586. The summed E-state index contributed by atoms with van der Waals surface area (Å²) < 4.78 is 1.65. The summed E-state index contributed by atoms with van der Waals surface area (Å²) in [5.41, 5.74) is 6.87. The van der Waals surface area contributed by atoms with Gasteiger partial charge in [0.05, 0.1) is 0 Å². The zero-order chi connectivity index (χ0) is 15.8. The lowest BCUT2D eigenvalue weighted by molar-refractivity contribution is -0.684. The van der Waals surface area contributed by atoms with E-state index in [-0.39, 0.29) is 12.5 Å². The molecule has 0 unspecified atom stereocenters. The van der Waals surface area contributed by atoms with Crippen LogP contribution in [0.15, 0.2) is 54.9 Å². The van der Waals surface area contributed by atoms with Crippen LogP contribution in [-0.2, 0) is 17.8 Å². The van der Waals surface area contributed by atoms with Gasteiger partial charge in [-0.1, -0.05) is 30.3 Å². The van der Waals surface area contributed by atoms with Crippen molar-refractivity contribution < 1.29 is 14.2 Å². The van der Waals surface area contributed by atoms with Gasteiger partial charge < -0.3 is 11.1 Å². The Labute approximate surface area is 129 Å². The number of aryl methyl sites for hydroxylation is 1. The first-order chi connectivity index (χ1) is 10.6. The van der Waals surface area contributed by atoms with Gasteiger partial charge in [0.15, 0.2) is 12.4 Å². The minimum absolute atomic E-state index is 0.0836. The lowest BCUT2D eigenvalue weighted by atomic mass is 10.1. The lowest BCUT2D eigenvalue weighted by Gasteiger charge is -2.04. The summed E-state index contributed by atoms with van der Waals surface area (Å²) >= 11 is 0. The number of hydrogen-bond donors (Lipinski definition) is 2. The molecule has 2 amide bonds. The maximum absolute atomic E-state index is 11.9. The second kappa shape index (κ2) is 7.93. The monoisotopic (exact) mass is 298 g/mol. The fraction of sp³-hybridized carbons (Fsp3) is 0.235. The fourth-order valence-electron chi connectivity index (χ4n) is 2.15. The largest absolute Gasteiger partial charge is 0.365 e. The predicted octanol–water partition coefficient (Wildman–Crippen LogP) is 0.822. The highest BCUT2D eigenvalue weighted by molar-refractivity contribution is 5.92. The molecule has 2 aromatic rings. The van der Waals surface area contributed by atoms with E-state index < -0.39 is 5.91 Å². The first-order valence-electron chi connectivity index (χ1n) is 7.24. The molecule has 0 atom stereocenters. The van der Waals surface area contributed by atoms with Gasteiger partial charge in [-0.15, -0.1) is 0 Å². The summed E-state index contributed by atoms with van der Waals surface area (Å²) in [6.07, 6.45) is 5.13. The van der Waals surface area contributed by atoms with Gasteiger partial charge in [0, 0.05) is 12.6 Å². The molecular formula is C17H20N3O2+. The molecule has 0 fully saturated rings. The van der Waals surface area contributed by atoms with Crippen molar-refractivity contribution in [3.63, 3.8) is 0 Å². The molecule has 0 bridgehead atoms. The number of nitrogens with two attached hydrogens (primary N) is 1. The molecule has 5 heteroatoms. The van der Waals surface area contributed by atoms with E-state index in [2.05, 4.69) is 17.4 Å². The van der Waals surface area contributed by atoms with Crippen molar-refractivity contribution in [1.29, 1.82) is 0 Å². The van der Waals surface area contributed by atoms with E-state index in [1.54, 1.807) is 29.1 Å². The minimum atomic E-state index is -0.502. The maximum Gasteiger partial charge on any atom is 0.285 e. The first-order valence-corrected chi connectivity index (χ1v) is 7.24. The summed E-state index contributed by atoms with van der Waals surface area (Å²) in [7, 11) is 0. The third-order valence-electron chi connectivity index (χ3n) is 3.28. The van der Waals surface area contributed by atoms with Crippen LogP contribution in [-0.4, -0.2) is 18.4 Å². The van der Waals surface area contributed by atoms with Crippen LogP contribution < -0.4 is 15.6 Å². The number of aromatic nitrogens is 1. The standard InChI is InChI=1S/C17H19N3O2/c18-17(22)15-9-5-11-20(12-15)13-16(21)19-10-4-8-14-6-2-1-3-7-14/h1-3,5-7,9,11-12H,4,8,10,13H2,(H2-,18,19,21,22)/p+1. The Morgan fingerprint density at radius 2 is 1.86 bits per heavy atom. The molecule has 0 radical (unpaired) electrons. The maximum atomic E-state index is 11.9. The van der Waals surface area contributed by atoms with Crippen LogP contribution in [0.4, 0.5) is 0 Å². The van der Waals surface area contributed by atoms with Gasteiger partial charge in [0.1, 0.15) is 5.56 Å². The zero-order valence-electron chi connectivity index (χ0n) is 12.4. The van der Waals surface area contributed by atoms with Crippen LogP contribution in [0.1, 0.15) is 22.3 Å². The molecule has 5 nitrogen and oxygen atoms in total. The van der Waals surface area contributed by atoms with Crippen LogP contribution in [0, 0.1) is 0 Å². The highest BCUT2D eigenvalue weighted by atomic mass is 16.2. The second-order valence-corrected chi connectivity index (χ2v) is 5.07. The molecular weight excluding hydrogens is 278 g/mol. The average Bonchev–Trinajstić information content (AvgIpc) is 2.53. The van der Waals surface area contributed by atoms with Crippen molar-refractivity contribution in [2.45, 2.75) is 19.4 Å². The molecule has 0 aliphatic heterocycles. The van der Waals surface area contributed by atoms with Crippen LogP contribution in [0.5, 0.6) is 0 Å². The van der Waals surface area contributed by atoms with Crippen LogP contribution in [0.2, 0.25) is 0 Å². The third kappa shape index (κ3) is 5.01. The normalized spacial score (nSPS) is 10.2. The van der Waals surface area contributed by atoms with Gasteiger partial charge in [-0.05, 0) is 24.5 Å². The number of carbonyl (C=O) groups excluding carboxylic acids is 2. The van der Waals surface area contributed by atoms with E-state index in [9.17, 15) is 9.59 Å². The Hall–Kier alpha value is -2.69. The van der Waals surface area contributed by atoms with Crippen molar-refractivity contribution in [3.8, 4) is 0 Å². The molecule has 22 heavy (non-hydrogen) atoms. The van der Waals surface area contributed by atoms with Crippen molar-refractivity contribution >= 4 is 11.8 Å². The molecule has 2 rings (SSSR count). The summed E-state index contributed by atoms with van der Waals surface area (Å²) in [4.78, 5) is 22.9. The van der Waals surface area contributed by atoms with E-state index in [1.165, 1.54) is 5.56 Å². The van der Waals surface area contributed by atoms with Gasteiger partial charge in [-0.3, -0.25) is 9.59 Å². The minimum Gasteiger partial charge on any atom is -0.365 e. The molecule has 1 aromatic heterocycles. The van der Waals surface area contributed by atoms with Gasteiger partial charge >= 0.3 is 0 Å². The first kappa shape index (κ1) is 15.7. The number of benzene rings is 1. The number of carbonyl (C=O) groups is 2. The molecule has 0 aliphatic rings. The highest BCUT2D eigenvalue weighted by Crippen LogP contribution is 2.01. The SMILES string of the molecule is NC(=O)c1ccc[n+](CC(=O)NCCCc2ccccc2)c1. The van der Waals surface area contributed by atoms with Crippen molar-refractivity contribution in [1.82, 2.24) is 5.32 Å². The molecule has 0 aliphatic carbocycles. The number of nitrogens with one attached hydrogen (secondary N) is 1. The predicted molar refractivity (Wildman–Crippen MR) is 82.9 cm³/mol. The Bertz CT molecular complexity index is 641. The molecule has 0 saturated carbocycles. The molecule has 1 aromatic carbocycles. The van der Waals surface area contributed by atoms with E-state index in [0.29, 0.717) is 12.1 Å². The number of rotatable bonds is 7. The number of amides is 2. The Morgan fingerprint density at radius 3 is 2.59 bits per heavy atom. The van der Waals surface area contributed by atoms with Crippen LogP contribution in [0.3, 0.4) is 0 Å². The smallest absolute Gasteiger partial charge is 0.285 e. The second-order valence-electron chi connectivity index (χ2n) is 5.07. The summed E-state index contributed by atoms with van der Waals surface area (Å²) in [5, 5.41) is 2.87. The van der Waals surface area contributed by atoms with E-state index in [1.807, 2.05) is 18.2 Å². The lowest BCUT2D eigenvalue weighted by Crippen LogP contribution is -2.43. The summed E-state index contributed by atoms with van der Waals surface area (Å²) in [6.45, 7) is 0.802. The molecule has 0 spiro atoms. The van der Waals surface area contributed by atoms with Crippen LogP contribution in [0.25, 0.3) is 0 Å². The van der Waals surface area contributed by atoms with Crippen molar-refractivity contribution in [3.05, 3.63) is 66.0 Å². The molecule has 1 heterocycles. The molecule has 114 valence electrons. The van der Waals surface area contributed by atoms with E-state index >= 15 is 0 Å². The number of pyridine rings is 1. The van der Waals surface area contributed by atoms with Gasteiger partial charge in [-0.2, -0.15) is 4.57 Å². The van der Waals surface area contributed by atoms with E-state index in [4.69, 9.17) is 5.73 Å².